The van der Waals surface area contributed by atoms with Gasteiger partial charge in [0.1, 0.15) is 6.33 Å². The van der Waals surface area contributed by atoms with E-state index in [1.54, 1.807) is 18.1 Å². The first-order chi connectivity index (χ1) is 7.36. The second kappa shape index (κ2) is 5.51. The first-order valence-corrected chi connectivity index (χ1v) is 6.55. The summed E-state index contributed by atoms with van der Waals surface area (Å²) in [5, 5.41) is 12.5. The molecule has 4 nitrogen and oxygen atoms in total. The van der Waals surface area contributed by atoms with Crippen LogP contribution < -0.4 is 5.32 Å². The maximum absolute atomic E-state index is 4.03. The Bertz CT molecular complexity index is 293. The molecule has 0 unspecified atom stereocenters. The topological polar surface area (TPSA) is 42.7 Å². The van der Waals surface area contributed by atoms with Gasteiger partial charge in [0.15, 0.2) is 5.16 Å². The average molecular weight is 226 g/mol. The van der Waals surface area contributed by atoms with Crippen molar-refractivity contribution in [3.05, 3.63) is 6.33 Å². The lowest BCUT2D eigenvalue weighted by Crippen LogP contribution is -2.28. The maximum Gasteiger partial charge on any atom is 0.190 e. The third-order valence-corrected chi connectivity index (χ3v) is 3.83. The predicted molar refractivity (Wildman–Crippen MR) is 62.0 cm³/mol. The predicted octanol–water partition coefficient (Wildman–Crippen LogP) is 1.44. The molecular formula is C10H18N4S. The summed E-state index contributed by atoms with van der Waals surface area (Å²) in [6.45, 7) is 1.07. The Balaban J connectivity index is 1.60. The van der Waals surface area contributed by atoms with E-state index in [4.69, 9.17) is 0 Å². The molecule has 0 aliphatic heterocycles. The number of nitrogens with one attached hydrogen (secondary N) is 1. The molecule has 1 heterocycles. The molecule has 0 bridgehead atoms. The average Bonchev–Trinajstić information content (AvgIpc) is 2.85. The van der Waals surface area contributed by atoms with Crippen LogP contribution >= 0.6 is 11.8 Å². The van der Waals surface area contributed by atoms with Gasteiger partial charge in [0.05, 0.1) is 0 Å². The van der Waals surface area contributed by atoms with E-state index in [-0.39, 0.29) is 0 Å². The first-order valence-electron chi connectivity index (χ1n) is 5.56. The zero-order chi connectivity index (χ0) is 10.5. The van der Waals surface area contributed by atoms with Gasteiger partial charge in [-0.1, -0.05) is 24.6 Å². The van der Waals surface area contributed by atoms with E-state index < -0.39 is 0 Å². The largest absolute Gasteiger partial charge is 0.313 e. The Hall–Kier alpha value is -0.550. The Labute approximate surface area is 94.8 Å². The van der Waals surface area contributed by atoms with Crippen molar-refractivity contribution in [1.29, 1.82) is 0 Å². The van der Waals surface area contributed by atoms with Gasteiger partial charge < -0.3 is 9.88 Å². The molecule has 0 atom stereocenters. The molecule has 2 rings (SSSR count). The third kappa shape index (κ3) is 3.21. The van der Waals surface area contributed by atoms with Gasteiger partial charge in [-0.15, -0.1) is 10.2 Å². The highest BCUT2D eigenvalue weighted by Gasteiger charge is 2.13. The Morgan fingerprint density at radius 2 is 2.33 bits per heavy atom. The molecule has 0 spiro atoms. The van der Waals surface area contributed by atoms with Crippen LogP contribution in [0, 0.1) is 0 Å². The zero-order valence-electron chi connectivity index (χ0n) is 9.15. The summed E-state index contributed by atoms with van der Waals surface area (Å²) >= 11 is 1.76. The van der Waals surface area contributed by atoms with Gasteiger partial charge in [-0.2, -0.15) is 0 Å². The summed E-state index contributed by atoms with van der Waals surface area (Å²) in [5.41, 5.74) is 0. The molecule has 1 fully saturated rings. The highest BCUT2D eigenvalue weighted by atomic mass is 32.2. The quantitative estimate of drug-likeness (QED) is 0.609. The summed E-state index contributed by atoms with van der Waals surface area (Å²) in [7, 11) is 1.98. The highest BCUT2D eigenvalue weighted by molar-refractivity contribution is 7.99. The molecule has 1 aromatic heterocycles. The van der Waals surface area contributed by atoms with Crippen LogP contribution in [0.25, 0.3) is 0 Å². The van der Waals surface area contributed by atoms with E-state index in [1.807, 2.05) is 11.6 Å². The van der Waals surface area contributed by atoms with Crippen molar-refractivity contribution in [3.8, 4) is 0 Å². The molecule has 0 aromatic carbocycles. The van der Waals surface area contributed by atoms with E-state index in [0.717, 1.165) is 23.5 Å². The van der Waals surface area contributed by atoms with Crippen molar-refractivity contribution in [3.63, 3.8) is 0 Å². The van der Waals surface area contributed by atoms with Gasteiger partial charge in [-0.05, 0) is 12.8 Å². The fraction of sp³-hybridized carbons (Fsp3) is 0.800. The van der Waals surface area contributed by atoms with Crippen LogP contribution in [-0.4, -0.2) is 33.1 Å². The van der Waals surface area contributed by atoms with E-state index >= 15 is 0 Å². The summed E-state index contributed by atoms with van der Waals surface area (Å²) in [6.07, 6.45) is 7.25. The number of thioether (sulfide) groups is 1. The molecule has 84 valence electrons. The minimum absolute atomic E-state index is 0.769. The van der Waals surface area contributed by atoms with Crippen LogP contribution in [0.15, 0.2) is 11.5 Å². The van der Waals surface area contributed by atoms with Crippen LogP contribution in [-0.2, 0) is 7.05 Å². The normalized spacial score (nSPS) is 17.4. The molecule has 0 amide bonds. The van der Waals surface area contributed by atoms with Crippen LogP contribution in [0.3, 0.4) is 0 Å². The molecule has 15 heavy (non-hydrogen) atoms. The SMILES string of the molecule is Cn1cnnc1SCCNC1CCCC1. The zero-order valence-corrected chi connectivity index (χ0v) is 9.96. The van der Waals surface area contributed by atoms with Crippen LogP contribution in [0.2, 0.25) is 0 Å². The standard InChI is InChI=1S/C10H18N4S/c1-14-8-12-13-10(14)15-7-6-11-9-4-2-3-5-9/h8-9,11H,2-7H2,1H3. The molecule has 5 heteroatoms. The highest BCUT2D eigenvalue weighted by Crippen LogP contribution is 2.18. The fourth-order valence-corrected chi connectivity index (χ4v) is 2.70. The molecule has 1 aromatic rings. The lowest BCUT2D eigenvalue weighted by molar-refractivity contribution is 0.545. The number of aromatic nitrogens is 3. The smallest absolute Gasteiger partial charge is 0.190 e. The van der Waals surface area contributed by atoms with Gasteiger partial charge in [-0.25, -0.2) is 0 Å². The van der Waals surface area contributed by atoms with Crippen molar-refractivity contribution >= 4 is 11.8 Å². The summed E-state index contributed by atoms with van der Waals surface area (Å²) in [5.74, 6) is 1.07. The van der Waals surface area contributed by atoms with Crippen LogP contribution in [0.1, 0.15) is 25.7 Å². The van der Waals surface area contributed by atoms with Crippen molar-refractivity contribution in [2.24, 2.45) is 7.05 Å². The number of rotatable bonds is 5. The van der Waals surface area contributed by atoms with Crippen molar-refractivity contribution in [2.75, 3.05) is 12.3 Å². The van der Waals surface area contributed by atoms with E-state index in [2.05, 4.69) is 15.5 Å². The van der Waals surface area contributed by atoms with Gasteiger partial charge in [0, 0.05) is 25.4 Å². The van der Waals surface area contributed by atoms with Crippen molar-refractivity contribution in [1.82, 2.24) is 20.1 Å². The maximum atomic E-state index is 4.03. The molecule has 1 aliphatic rings. The fourth-order valence-electron chi connectivity index (χ4n) is 1.94. The molecule has 0 saturated heterocycles. The number of aryl methyl sites for hydroxylation is 1. The molecular weight excluding hydrogens is 208 g/mol. The lowest BCUT2D eigenvalue weighted by atomic mass is 10.2. The molecule has 0 radical (unpaired) electrons. The third-order valence-electron chi connectivity index (χ3n) is 2.79. The van der Waals surface area contributed by atoms with Gasteiger partial charge in [0.2, 0.25) is 0 Å². The molecule has 1 aliphatic carbocycles. The summed E-state index contributed by atoms with van der Waals surface area (Å²) in [4.78, 5) is 0. The van der Waals surface area contributed by atoms with Crippen LogP contribution in [0.4, 0.5) is 0 Å². The van der Waals surface area contributed by atoms with Gasteiger partial charge >= 0.3 is 0 Å². The Morgan fingerprint density at radius 3 is 3.00 bits per heavy atom. The summed E-state index contributed by atoms with van der Waals surface area (Å²) < 4.78 is 1.96. The van der Waals surface area contributed by atoms with E-state index in [1.165, 1.54) is 25.7 Å². The van der Waals surface area contributed by atoms with Crippen LogP contribution in [0.5, 0.6) is 0 Å². The van der Waals surface area contributed by atoms with Crippen molar-refractivity contribution in [2.45, 2.75) is 36.9 Å². The molecule has 1 N–H and O–H groups in total. The van der Waals surface area contributed by atoms with E-state index in [9.17, 15) is 0 Å². The van der Waals surface area contributed by atoms with E-state index in [0.29, 0.717) is 0 Å². The van der Waals surface area contributed by atoms with Gasteiger partial charge in [-0.3, -0.25) is 0 Å². The summed E-state index contributed by atoms with van der Waals surface area (Å²) in [6, 6.07) is 0.769. The Kier molecular flexibility index (Phi) is 4.02. The number of hydrogen-bond donors (Lipinski definition) is 1. The Morgan fingerprint density at radius 1 is 1.53 bits per heavy atom. The molecule has 1 saturated carbocycles. The monoisotopic (exact) mass is 226 g/mol. The second-order valence-corrected chi connectivity index (χ2v) is 5.07. The van der Waals surface area contributed by atoms with Gasteiger partial charge in [0.25, 0.3) is 0 Å². The number of hydrogen-bond acceptors (Lipinski definition) is 4. The number of nitrogens with zero attached hydrogens (tertiary/aromatic N) is 3. The minimum Gasteiger partial charge on any atom is -0.313 e. The van der Waals surface area contributed by atoms with Crippen molar-refractivity contribution < 1.29 is 0 Å². The first kappa shape index (κ1) is 11.0. The second-order valence-electron chi connectivity index (χ2n) is 4.01. The minimum atomic E-state index is 0.769. The lowest BCUT2D eigenvalue weighted by Gasteiger charge is -2.10.